The summed E-state index contributed by atoms with van der Waals surface area (Å²) in [5, 5.41) is 3.06. The van der Waals surface area contributed by atoms with Gasteiger partial charge in [0.05, 0.1) is 6.61 Å². The van der Waals surface area contributed by atoms with Crippen molar-refractivity contribution in [3.63, 3.8) is 0 Å². The molecule has 0 aromatic heterocycles. The summed E-state index contributed by atoms with van der Waals surface area (Å²) in [6.07, 6.45) is 2.02. The molecule has 2 amide bonds. The Morgan fingerprint density at radius 1 is 1.03 bits per heavy atom. The molecule has 0 unspecified atom stereocenters. The molecule has 0 aliphatic rings. The van der Waals surface area contributed by atoms with Gasteiger partial charge in [0.1, 0.15) is 11.5 Å². The Morgan fingerprint density at radius 2 is 1.73 bits per heavy atom. The van der Waals surface area contributed by atoms with E-state index in [-0.39, 0.29) is 11.7 Å². The molecule has 2 rings (SSSR count). The molecule has 2 aromatic carbocycles. The summed E-state index contributed by atoms with van der Waals surface area (Å²) in [4.78, 5) is 24.1. The van der Waals surface area contributed by atoms with E-state index in [0.717, 1.165) is 18.4 Å². The molecule has 0 bridgehead atoms. The van der Waals surface area contributed by atoms with Gasteiger partial charge in [-0.25, -0.2) is 0 Å². The van der Waals surface area contributed by atoms with Crippen LogP contribution in [0, 0.1) is 6.92 Å². The van der Waals surface area contributed by atoms with E-state index < -0.39 is 11.8 Å². The summed E-state index contributed by atoms with van der Waals surface area (Å²) < 4.78 is 10.9. The Balaban J connectivity index is 1.72. The van der Waals surface area contributed by atoms with Gasteiger partial charge in [-0.3, -0.25) is 25.8 Å². The lowest BCUT2D eigenvalue weighted by Crippen LogP contribution is -2.49. The number of rotatable bonds is 8. The van der Waals surface area contributed by atoms with E-state index in [0.29, 0.717) is 28.7 Å². The zero-order valence-corrected chi connectivity index (χ0v) is 18.4. The first-order chi connectivity index (χ1) is 14.4. The van der Waals surface area contributed by atoms with Gasteiger partial charge in [-0.15, -0.1) is 0 Å². The average Bonchev–Trinajstić information content (AvgIpc) is 2.73. The maximum atomic E-state index is 12.2. The molecular weight excluding hydrogens is 426 g/mol. The zero-order valence-electron chi connectivity index (χ0n) is 16.8. The molecule has 0 spiro atoms. The number of thiocarbonyl (C=S) groups is 1. The van der Waals surface area contributed by atoms with E-state index in [9.17, 15) is 9.59 Å². The van der Waals surface area contributed by atoms with Gasteiger partial charge in [-0.1, -0.05) is 24.9 Å². The van der Waals surface area contributed by atoms with E-state index in [1.54, 1.807) is 42.5 Å². The zero-order chi connectivity index (χ0) is 21.9. The molecule has 3 N–H and O–H groups in total. The number of halogens is 1. The van der Waals surface area contributed by atoms with Gasteiger partial charge in [0.15, 0.2) is 11.7 Å². The molecule has 30 heavy (non-hydrogen) atoms. The van der Waals surface area contributed by atoms with Crippen molar-refractivity contribution in [2.24, 2.45) is 0 Å². The fourth-order valence-electron chi connectivity index (χ4n) is 2.26. The smallest absolute Gasteiger partial charge is 0.276 e. The Hall–Kier alpha value is -2.84. The highest BCUT2D eigenvalue weighted by Gasteiger charge is 2.09. The molecule has 2 aromatic rings. The monoisotopic (exact) mass is 449 g/mol. The molecule has 0 saturated heterocycles. The second kappa shape index (κ2) is 12.0. The van der Waals surface area contributed by atoms with Crippen molar-refractivity contribution in [1.82, 2.24) is 16.2 Å². The second-order valence-corrected chi connectivity index (χ2v) is 7.20. The Labute approximate surface area is 186 Å². The maximum Gasteiger partial charge on any atom is 0.276 e. The molecular formula is C21H24ClN3O4S. The predicted molar refractivity (Wildman–Crippen MR) is 120 cm³/mol. The normalized spacial score (nSPS) is 10.1. The predicted octanol–water partition coefficient (Wildman–Crippen LogP) is 3.54. The van der Waals surface area contributed by atoms with Crippen LogP contribution < -0.4 is 25.6 Å². The van der Waals surface area contributed by atoms with E-state index >= 15 is 0 Å². The summed E-state index contributed by atoms with van der Waals surface area (Å²) in [5.74, 6) is 0.344. The van der Waals surface area contributed by atoms with Gasteiger partial charge in [0, 0.05) is 10.6 Å². The highest BCUT2D eigenvalue weighted by Crippen LogP contribution is 2.20. The van der Waals surface area contributed by atoms with Crippen LogP contribution in [0.25, 0.3) is 0 Å². The Bertz CT molecular complexity index is 890. The first-order valence-corrected chi connectivity index (χ1v) is 10.2. The van der Waals surface area contributed by atoms with Crippen molar-refractivity contribution < 1.29 is 19.1 Å². The van der Waals surface area contributed by atoms with Crippen LogP contribution in [-0.2, 0) is 4.79 Å². The third-order valence-electron chi connectivity index (χ3n) is 3.92. The van der Waals surface area contributed by atoms with Gasteiger partial charge in [0.25, 0.3) is 11.8 Å². The van der Waals surface area contributed by atoms with Gasteiger partial charge >= 0.3 is 0 Å². The number of hydrogen-bond acceptors (Lipinski definition) is 5. The minimum absolute atomic E-state index is 0.0426. The number of amides is 2. The number of unbranched alkanes of at least 4 members (excludes halogenated alkanes) is 1. The molecule has 0 saturated carbocycles. The fraction of sp³-hybridized carbons (Fsp3) is 0.286. The topological polar surface area (TPSA) is 88.7 Å². The molecule has 7 nitrogen and oxygen atoms in total. The van der Waals surface area contributed by atoms with Crippen LogP contribution >= 0.6 is 23.8 Å². The maximum absolute atomic E-state index is 12.2. The van der Waals surface area contributed by atoms with Crippen LogP contribution in [0.15, 0.2) is 42.5 Å². The summed E-state index contributed by atoms with van der Waals surface area (Å²) >= 11 is 11.0. The van der Waals surface area contributed by atoms with Crippen molar-refractivity contribution >= 4 is 40.7 Å². The number of nitrogens with one attached hydrogen (secondary N) is 3. The molecule has 0 radical (unpaired) electrons. The van der Waals surface area contributed by atoms with E-state index in [1.807, 2.05) is 6.92 Å². The molecule has 0 aliphatic heterocycles. The highest BCUT2D eigenvalue weighted by molar-refractivity contribution is 7.80. The number of benzene rings is 2. The number of carbonyl (C=O) groups is 2. The van der Waals surface area contributed by atoms with Crippen molar-refractivity contribution in [2.45, 2.75) is 26.7 Å². The summed E-state index contributed by atoms with van der Waals surface area (Å²) in [6.45, 7) is 4.33. The third-order valence-corrected chi connectivity index (χ3v) is 4.55. The minimum atomic E-state index is -0.465. The summed E-state index contributed by atoms with van der Waals surface area (Å²) in [6, 6.07) is 11.8. The van der Waals surface area contributed by atoms with Crippen LogP contribution in [0.5, 0.6) is 11.5 Å². The van der Waals surface area contributed by atoms with Gasteiger partial charge < -0.3 is 9.47 Å². The number of hydrogen-bond donors (Lipinski definition) is 3. The lowest BCUT2D eigenvalue weighted by Gasteiger charge is -2.12. The first-order valence-electron chi connectivity index (χ1n) is 9.41. The number of hydrazine groups is 1. The lowest BCUT2D eigenvalue weighted by atomic mass is 10.2. The van der Waals surface area contributed by atoms with Crippen molar-refractivity contribution in [3.05, 3.63) is 58.6 Å². The second-order valence-electron chi connectivity index (χ2n) is 6.38. The SMILES string of the molecule is CCCCOc1ccc(C(=O)NC(=S)NNC(=O)COc2ccc(Cl)c(C)c2)cc1. The first kappa shape index (κ1) is 23.4. The summed E-state index contributed by atoms with van der Waals surface area (Å²) in [5.41, 5.74) is 6.07. The summed E-state index contributed by atoms with van der Waals surface area (Å²) in [7, 11) is 0. The van der Waals surface area contributed by atoms with Crippen LogP contribution in [0.1, 0.15) is 35.7 Å². The largest absolute Gasteiger partial charge is 0.494 e. The minimum Gasteiger partial charge on any atom is -0.494 e. The van der Waals surface area contributed by atoms with E-state index in [1.165, 1.54) is 0 Å². The number of aryl methyl sites for hydroxylation is 1. The Kier molecular flexibility index (Phi) is 9.37. The standard InChI is InChI=1S/C21H24ClN3O4S/c1-3-4-11-28-16-7-5-15(6-8-16)20(27)23-21(30)25-24-19(26)13-29-17-9-10-18(22)14(2)12-17/h5-10,12H,3-4,11,13H2,1-2H3,(H,24,26)(H2,23,25,27,30). The van der Waals surface area contributed by atoms with E-state index in [2.05, 4.69) is 23.1 Å². The highest BCUT2D eigenvalue weighted by atomic mass is 35.5. The van der Waals surface area contributed by atoms with Gasteiger partial charge in [-0.05, 0) is 73.6 Å². The van der Waals surface area contributed by atoms with Crippen LogP contribution in [0.2, 0.25) is 5.02 Å². The molecule has 0 aliphatic carbocycles. The molecule has 0 heterocycles. The van der Waals surface area contributed by atoms with Crippen LogP contribution in [-0.4, -0.2) is 30.1 Å². The van der Waals surface area contributed by atoms with Gasteiger partial charge in [0.2, 0.25) is 0 Å². The Morgan fingerprint density at radius 3 is 2.40 bits per heavy atom. The van der Waals surface area contributed by atoms with Crippen molar-refractivity contribution in [2.75, 3.05) is 13.2 Å². The van der Waals surface area contributed by atoms with Gasteiger partial charge in [-0.2, -0.15) is 0 Å². The lowest BCUT2D eigenvalue weighted by molar-refractivity contribution is -0.123. The number of ether oxygens (including phenoxy) is 2. The molecule has 0 fully saturated rings. The van der Waals surface area contributed by atoms with Crippen LogP contribution in [0.4, 0.5) is 0 Å². The molecule has 0 atom stereocenters. The quantitative estimate of drug-likeness (QED) is 0.324. The van der Waals surface area contributed by atoms with Crippen LogP contribution in [0.3, 0.4) is 0 Å². The third kappa shape index (κ3) is 7.88. The molecule has 9 heteroatoms. The fourth-order valence-corrected chi connectivity index (χ4v) is 2.52. The molecule has 160 valence electrons. The average molecular weight is 450 g/mol. The number of carbonyl (C=O) groups excluding carboxylic acids is 2. The van der Waals surface area contributed by atoms with E-state index in [4.69, 9.17) is 33.3 Å². The van der Waals surface area contributed by atoms with Crippen molar-refractivity contribution in [3.8, 4) is 11.5 Å². The van der Waals surface area contributed by atoms with Crippen molar-refractivity contribution in [1.29, 1.82) is 0 Å².